The molecule has 3 amide bonds. The van der Waals surface area contributed by atoms with Gasteiger partial charge >= 0.3 is 6.09 Å². The summed E-state index contributed by atoms with van der Waals surface area (Å²) in [7, 11) is 0. The summed E-state index contributed by atoms with van der Waals surface area (Å²) in [5.74, 6) is -0.174. The average molecular weight is 420 g/mol. The first-order valence-electron chi connectivity index (χ1n) is 10.3. The standard InChI is InChI=1S/C21H26ClN3O4/c22-18-6-2-1-5-17(18)20(27)24-9-3-4-15(14-24)19(26)23-10-7-16(8-11-23)25-12-13-29-21(25)28/h1-2,5-6,15-16H,3-4,7-14H2. The first-order chi connectivity index (χ1) is 14.0. The van der Waals surface area contributed by atoms with Gasteiger partial charge in [-0.2, -0.15) is 0 Å². The Bertz CT molecular complexity index is 794. The number of piperidine rings is 2. The van der Waals surface area contributed by atoms with Gasteiger partial charge in [0, 0.05) is 32.2 Å². The fraction of sp³-hybridized carbons (Fsp3) is 0.571. The highest BCUT2D eigenvalue weighted by Crippen LogP contribution is 2.26. The van der Waals surface area contributed by atoms with Gasteiger partial charge < -0.3 is 19.4 Å². The van der Waals surface area contributed by atoms with Crippen LogP contribution in [0.1, 0.15) is 36.0 Å². The number of rotatable bonds is 3. The number of nitrogens with zero attached hydrogens (tertiary/aromatic N) is 3. The molecule has 3 saturated heterocycles. The second-order valence-corrected chi connectivity index (χ2v) is 8.34. The van der Waals surface area contributed by atoms with Crippen molar-refractivity contribution in [2.75, 3.05) is 39.3 Å². The zero-order chi connectivity index (χ0) is 20.4. The van der Waals surface area contributed by atoms with Crippen LogP contribution >= 0.6 is 11.6 Å². The Kier molecular flexibility index (Phi) is 5.94. The fourth-order valence-corrected chi connectivity index (χ4v) is 4.78. The summed E-state index contributed by atoms with van der Waals surface area (Å²) < 4.78 is 5.03. The molecule has 0 aromatic heterocycles. The maximum Gasteiger partial charge on any atom is 0.410 e. The number of carbonyl (C=O) groups excluding carboxylic acids is 3. The molecule has 3 fully saturated rings. The molecule has 0 aliphatic carbocycles. The number of likely N-dealkylation sites (tertiary alicyclic amines) is 2. The minimum atomic E-state index is -0.240. The molecule has 8 heteroatoms. The first kappa shape index (κ1) is 20.0. The third kappa shape index (κ3) is 4.20. The first-order valence-corrected chi connectivity index (χ1v) is 10.7. The summed E-state index contributed by atoms with van der Waals surface area (Å²) in [5.41, 5.74) is 0.487. The van der Waals surface area contributed by atoms with E-state index in [-0.39, 0.29) is 29.9 Å². The molecule has 1 aromatic carbocycles. The molecule has 1 atom stereocenters. The van der Waals surface area contributed by atoms with Crippen molar-refractivity contribution in [1.29, 1.82) is 0 Å². The Labute approximate surface area is 175 Å². The topological polar surface area (TPSA) is 70.2 Å². The van der Waals surface area contributed by atoms with Crippen LogP contribution in [0.2, 0.25) is 5.02 Å². The quantitative estimate of drug-likeness (QED) is 0.755. The highest BCUT2D eigenvalue weighted by Gasteiger charge is 2.36. The maximum atomic E-state index is 13.1. The van der Waals surface area contributed by atoms with Crippen LogP contribution in [0.15, 0.2) is 24.3 Å². The molecular weight excluding hydrogens is 394 g/mol. The van der Waals surface area contributed by atoms with Crippen molar-refractivity contribution in [3.05, 3.63) is 34.9 Å². The van der Waals surface area contributed by atoms with Gasteiger partial charge in [-0.3, -0.25) is 9.59 Å². The van der Waals surface area contributed by atoms with Crippen LogP contribution in [0.25, 0.3) is 0 Å². The number of hydrogen-bond acceptors (Lipinski definition) is 4. The molecule has 0 radical (unpaired) electrons. The third-order valence-electron chi connectivity index (χ3n) is 6.17. The molecule has 7 nitrogen and oxygen atoms in total. The molecule has 156 valence electrons. The van der Waals surface area contributed by atoms with Crippen molar-refractivity contribution in [3.63, 3.8) is 0 Å². The molecule has 0 bridgehead atoms. The van der Waals surface area contributed by atoms with E-state index >= 15 is 0 Å². The predicted molar refractivity (Wildman–Crippen MR) is 108 cm³/mol. The molecule has 3 heterocycles. The summed E-state index contributed by atoms with van der Waals surface area (Å²) >= 11 is 6.18. The minimum absolute atomic E-state index is 0.112. The van der Waals surface area contributed by atoms with Crippen molar-refractivity contribution < 1.29 is 19.1 Å². The van der Waals surface area contributed by atoms with Gasteiger partial charge in [-0.1, -0.05) is 23.7 Å². The van der Waals surface area contributed by atoms with Crippen molar-refractivity contribution in [1.82, 2.24) is 14.7 Å². The van der Waals surface area contributed by atoms with Gasteiger partial charge in [0.25, 0.3) is 5.91 Å². The van der Waals surface area contributed by atoms with E-state index in [9.17, 15) is 14.4 Å². The van der Waals surface area contributed by atoms with Crippen LogP contribution in [-0.4, -0.2) is 78.0 Å². The molecule has 0 N–H and O–H groups in total. The number of halogens is 1. The molecule has 29 heavy (non-hydrogen) atoms. The molecule has 1 unspecified atom stereocenters. The Morgan fingerprint density at radius 1 is 1.00 bits per heavy atom. The van der Waals surface area contributed by atoms with Gasteiger partial charge in [-0.25, -0.2) is 4.79 Å². The average Bonchev–Trinajstić information content (AvgIpc) is 3.19. The van der Waals surface area contributed by atoms with E-state index in [0.29, 0.717) is 49.9 Å². The highest BCUT2D eigenvalue weighted by atomic mass is 35.5. The SMILES string of the molecule is O=C(c1ccccc1Cl)N1CCCC(C(=O)N2CCC(N3CCOC3=O)CC2)C1. The van der Waals surface area contributed by atoms with Crippen molar-refractivity contribution in [3.8, 4) is 0 Å². The van der Waals surface area contributed by atoms with E-state index in [1.165, 1.54) is 0 Å². The van der Waals surface area contributed by atoms with E-state index in [1.807, 2.05) is 4.90 Å². The van der Waals surface area contributed by atoms with Crippen LogP contribution in [-0.2, 0) is 9.53 Å². The molecule has 0 spiro atoms. The van der Waals surface area contributed by atoms with Crippen molar-refractivity contribution >= 4 is 29.5 Å². The van der Waals surface area contributed by atoms with Gasteiger partial charge in [0.15, 0.2) is 0 Å². The largest absolute Gasteiger partial charge is 0.448 e. The van der Waals surface area contributed by atoms with Crippen LogP contribution in [0.4, 0.5) is 4.79 Å². The number of amides is 3. The fourth-order valence-electron chi connectivity index (χ4n) is 4.56. The second kappa shape index (κ2) is 8.61. The van der Waals surface area contributed by atoms with Crippen molar-refractivity contribution in [2.45, 2.75) is 31.7 Å². The predicted octanol–water partition coefficient (Wildman–Crippen LogP) is 2.64. The monoisotopic (exact) mass is 419 g/mol. The summed E-state index contributed by atoms with van der Waals surface area (Å²) in [4.78, 5) is 43.1. The molecule has 3 aliphatic rings. The molecule has 1 aromatic rings. The zero-order valence-electron chi connectivity index (χ0n) is 16.4. The van der Waals surface area contributed by atoms with Gasteiger partial charge in [0.1, 0.15) is 6.61 Å². The van der Waals surface area contributed by atoms with Crippen LogP contribution in [0.5, 0.6) is 0 Å². The maximum absolute atomic E-state index is 13.1. The number of carbonyl (C=O) groups is 3. The van der Waals surface area contributed by atoms with E-state index < -0.39 is 0 Å². The zero-order valence-corrected chi connectivity index (χ0v) is 17.1. The second-order valence-electron chi connectivity index (χ2n) is 7.93. The minimum Gasteiger partial charge on any atom is -0.448 e. The van der Waals surface area contributed by atoms with Crippen LogP contribution < -0.4 is 0 Å². The number of hydrogen-bond donors (Lipinski definition) is 0. The lowest BCUT2D eigenvalue weighted by molar-refractivity contribution is -0.138. The van der Waals surface area contributed by atoms with Gasteiger partial charge in [-0.15, -0.1) is 0 Å². The summed E-state index contributed by atoms with van der Waals surface area (Å²) in [5, 5.41) is 0.438. The van der Waals surface area contributed by atoms with Gasteiger partial charge in [0.2, 0.25) is 5.91 Å². The molecule has 3 aliphatic heterocycles. The lowest BCUT2D eigenvalue weighted by atomic mass is 9.94. The number of cyclic esters (lactones) is 1. The molecule has 0 saturated carbocycles. The molecular formula is C21H26ClN3O4. The lowest BCUT2D eigenvalue weighted by Crippen LogP contribution is -2.51. The van der Waals surface area contributed by atoms with Crippen molar-refractivity contribution in [2.24, 2.45) is 5.92 Å². The van der Waals surface area contributed by atoms with Crippen LogP contribution in [0.3, 0.4) is 0 Å². The van der Waals surface area contributed by atoms with E-state index in [2.05, 4.69) is 0 Å². The Hall–Kier alpha value is -2.28. The smallest absolute Gasteiger partial charge is 0.410 e. The summed E-state index contributed by atoms with van der Waals surface area (Å²) in [6.07, 6.45) is 2.91. The molecule has 4 rings (SSSR count). The van der Waals surface area contributed by atoms with Crippen LogP contribution in [0, 0.1) is 5.92 Å². The lowest BCUT2D eigenvalue weighted by Gasteiger charge is -2.39. The highest BCUT2D eigenvalue weighted by molar-refractivity contribution is 6.33. The Morgan fingerprint density at radius 2 is 1.76 bits per heavy atom. The van der Waals surface area contributed by atoms with Gasteiger partial charge in [0.05, 0.1) is 23.0 Å². The van der Waals surface area contributed by atoms with E-state index in [4.69, 9.17) is 16.3 Å². The number of benzene rings is 1. The third-order valence-corrected chi connectivity index (χ3v) is 6.50. The Morgan fingerprint density at radius 3 is 2.45 bits per heavy atom. The number of ether oxygens (including phenoxy) is 1. The summed E-state index contributed by atoms with van der Waals surface area (Å²) in [6, 6.07) is 7.18. The Balaban J connectivity index is 1.34. The van der Waals surface area contributed by atoms with E-state index in [1.54, 1.807) is 34.1 Å². The summed E-state index contributed by atoms with van der Waals surface area (Å²) in [6.45, 7) is 3.45. The van der Waals surface area contributed by atoms with E-state index in [0.717, 1.165) is 25.7 Å². The van der Waals surface area contributed by atoms with Gasteiger partial charge in [-0.05, 0) is 37.8 Å². The normalized spacial score (nSPS) is 23.3.